The van der Waals surface area contributed by atoms with Gasteiger partial charge in [-0.2, -0.15) is 0 Å². The third-order valence-corrected chi connectivity index (χ3v) is 3.28. The molecule has 0 aromatic heterocycles. The van der Waals surface area contributed by atoms with Gasteiger partial charge in [0, 0.05) is 19.5 Å². The molecule has 0 atom stereocenters. The summed E-state index contributed by atoms with van der Waals surface area (Å²) in [5.41, 5.74) is 2.50. The second-order valence-electron chi connectivity index (χ2n) is 4.87. The maximum atomic E-state index is 12.2. The number of aryl methyl sites for hydroxylation is 1. The number of carbonyl (C=O) groups is 1. The minimum absolute atomic E-state index is 0.217. The van der Waals surface area contributed by atoms with Crippen LogP contribution in [0, 0.1) is 6.92 Å². The first-order chi connectivity index (χ1) is 9.19. The molecule has 1 amide bonds. The fourth-order valence-electron chi connectivity index (χ4n) is 1.98. The Morgan fingerprint density at radius 3 is 2.68 bits per heavy atom. The van der Waals surface area contributed by atoms with Gasteiger partial charge in [0.1, 0.15) is 0 Å². The van der Waals surface area contributed by atoms with Gasteiger partial charge in [-0.25, -0.2) is 0 Å². The highest BCUT2D eigenvalue weighted by atomic mass is 16.2. The average Bonchev–Trinajstić information content (AvgIpc) is 2.42. The standard InChI is InChI=1S/C17H25NO/c1-4-6-12-17(19)18(13-7-5-2)14-16-11-9-8-10-15(16)3/h4,6,8-11H,5,7,12-14H2,1-3H3. The van der Waals surface area contributed by atoms with Gasteiger partial charge in [-0.15, -0.1) is 0 Å². The summed E-state index contributed by atoms with van der Waals surface area (Å²) < 4.78 is 0. The number of amides is 1. The molecule has 2 nitrogen and oxygen atoms in total. The normalized spacial score (nSPS) is 10.9. The van der Waals surface area contributed by atoms with Crippen LogP contribution in [0.4, 0.5) is 0 Å². The Labute approximate surface area is 117 Å². The number of allylic oxidation sites excluding steroid dienone is 1. The predicted molar refractivity (Wildman–Crippen MR) is 80.9 cm³/mol. The third kappa shape index (κ3) is 5.29. The first kappa shape index (κ1) is 15.5. The molecule has 0 aliphatic carbocycles. The molecule has 0 N–H and O–H groups in total. The van der Waals surface area contributed by atoms with Crippen LogP contribution in [-0.2, 0) is 11.3 Å². The topological polar surface area (TPSA) is 20.3 Å². The van der Waals surface area contributed by atoms with Crippen molar-refractivity contribution in [3.05, 3.63) is 47.5 Å². The Morgan fingerprint density at radius 1 is 1.32 bits per heavy atom. The van der Waals surface area contributed by atoms with E-state index in [4.69, 9.17) is 0 Å². The van der Waals surface area contributed by atoms with Crippen LogP contribution in [0.5, 0.6) is 0 Å². The molecule has 0 spiro atoms. The van der Waals surface area contributed by atoms with Gasteiger partial charge in [-0.3, -0.25) is 4.79 Å². The number of unbranched alkanes of at least 4 members (excludes halogenated alkanes) is 1. The molecule has 0 aliphatic rings. The summed E-state index contributed by atoms with van der Waals surface area (Å²) in [5.74, 6) is 0.217. The summed E-state index contributed by atoms with van der Waals surface area (Å²) in [7, 11) is 0. The molecule has 104 valence electrons. The SMILES string of the molecule is CC=CCC(=O)N(CCCC)Cc1ccccc1C. The lowest BCUT2D eigenvalue weighted by Crippen LogP contribution is -2.31. The van der Waals surface area contributed by atoms with Gasteiger partial charge in [0.15, 0.2) is 0 Å². The van der Waals surface area contributed by atoms with Crippen LogP contribution in [-0.4, -0.2) is 17.4 Å². The maximum Gasteiger partial charge on any atom is 0.226 e. The van der Waals surface area contributed by atoms with Gasteiger partial charge in [0.05, 0.1) is 0 Å². The van der Waals surface area contributed by atoms with Crippen molar-refractivity contribution < 1.29 is 4.79 Å². The number of carbonyl (C=O) groups excluding carboxylic acids is 1. The lowest BCUT2D eigenvalue weighted by Gasteiger charge is -2.23. The molecular weight excluding hydrogens is 234 g/mol. The Balaban J connectivity index is 2.73. The molecule has 19 heavy (non-hydrogen) atoms. The molecule has 0 saturated heterocycles. The summed E-state index contributed by atoms with van der Waals surface area (Å²) in [4.78, 5) is 14.2. The van der Waals surface area contributed by atoms with Crippen molar-refractivity contribution in [3.8, 4) is 0 Å². The number of benzene rings is 1. The zero-order chi connectivity index (χ0) is 14.1. The average molecular weight is 259 g/mol. The Hall–Kier alpha value is -1.57. The second kappa shape index (κ2) is 8.52. The van der Waals surface area contributed by atoms with Gasteiger partial charge in [0.25, 0.3) is 0 Å². The fraction of sp³-hybridized carbons (Fsp3) is 0.471. The van der Waals surface area contributed by atoms with Gasteiger partial charge >= 0.3 is 0 Å². The van der Waals surface area contributed by atoms with Crippen molar-refractivity contribution in [1.82, 2.24) is 4.90 Å². The van der Waals surface area contributed by atoms with Crippen molar-refractivity contribution in [2.45, 2.75) is 46.6 Å². The molecule has 1 aromatic rings. The minimum atomic E-state index is 0.217. The molecule has 2 heteroatoms. The van der Waals surface area contributed by atoms with E-state index >= 15 is 0 Å². The first-order valence-corrected chi connectivity index (χ1v) is 7.12. The van der Waals surface area contributed by atoms with Gasteiger partial charge in [-0.1, -0.05) is 49.8 Å². The Bertz CT molecular complexity index is 423. The quantitative estimate of drug-likeness (QED) is 0.675. The van der Waals surface area contributed by atoms with Crippen LogP contribution in [0.25, 0.3) is 0 Å². The number of hydrogen-bond acceptors (Lipinski definition) is 1. The zero-order valence-electron chi connectivity index (χ0n) is 12.4. The zero-order valence-corrected chi connectivity index (χ0v) is 12.4. The number of rotatable bonds is 7. The van der Waals surface area contributed by atoms with E-state index in [1.807, 2.05) is 36.1 Å². The van der Waals surface area contributed by atoms with E-state index in [0.717, 1.165) is 25.9 Å². The fourth-order valence-corrected chi connectivity index (χ4v) is 1.98. The van der Waals surface area contributed by atoms with E-state index in [9.17, 15) is 4.79 Å². The number of nitrogens with zero attached hydrogens (tertiary/aromatic N) is 1. The molecule has 1 rings (SSSR count). The van der Waals surface area contributed by atoms with Gasteiger partial charge in [-0.05, 0) is 31.4 Å². The van der Waals surface area contributed by atoms with E-state index in [1.165, 1.54) is 11.1 Å². The Kier molecular flexibility index (Phi) is 6.94. The lowest BCUT2D eigenvalue weighted by atomic mass is 10.1. The highest BCUT2D eigenvalue weighted by Crippen LogP contribution is 2.12. The molecule has 0 aliphatic heterocycles. The van der Waals surface area contributed by atoms with E-state index in [0.29, 0.717) is 6.42 Å². The monoisotopic (exact) mass is 259 g/mol. The lowest BCUT2D eigenvalue weighted by molar-refractivity contribution is -0.131. The highest BCUT2D eigenvalue weighted by molar-refractivity contribution is 5.77. The van der Waals surface area contributed by atoms with E-state index in [-0.39, 0.29) is 5.91 Å². The van der Waals surface area contributed by atoms with Crippen molar-refractivity contribution in [1.29, 1.82) is 0 Å². The van der Waals surface area contributed by atoms with Crippen LogP contribution >= 0.6 is 0 Å². The van der Waals surface area contributed by atoms with Crippen LogP contribution in [0.3, 0.4) is 0 Å². The molecule has 0 heterocycles. The number of hydrogen-bond donors (Lipinski definition) is 0. The molecular formula is C17H25NO. The molecule has 0 radical (unpaired) electrons. The van der Waals surface area contributed by atoms with E-state index in [2.05, 4.69) is 26.0 Å². The van der Waals surface area contributed by atoms with Crippen molar-refractivity contribution in [3.63, 3.8) is 0 Å². The van der Waals surface area contributed by atoms with Gasteiger partial charge in [0.2, 0.25) is 5.91 Å². The highest BCUT2D eigenvalue weighted by Gasteiger charge is 2.12. The van der Waals surface area contributed by atoms with Crippen LogP contribution in [0.2, 0.25) is 0 Å². The molecule has 0 bridgehead atoms. The summed E-state index contributed by atoms with van der Waals surface area (Å²) in [6.07, 6.45) is 6.55. The molecule has 1 aromatic carbocycles. The minimum Gasteiger partial charge on any atom is -0.338 e. The summed E-state index contributed by atoms with van der Waals surface area (Å²) in [5, 5.41) is 0. The molecule has 0 saturated carbocycles. The largest absolute Gasteiger partial charge is 0.338 e. The smallest absolute Gasteiger partial charge is 0.226 e. The van der Waals surface area contributed by atoms with Crippen LogP contribution in [0.1, 0.15) is 44.2 Å². The van der Waals surface area contributed by atoms with Crippen molar-refractivity contribution in [2.75, 3.05) is 6.54 Å². The van der Waals surface area contributed by atoms with Crippen molar-refractivity contribution >= 4 is 5.91 Å². The van der Waals surface area contributed by atoms with Crippen LogP contribution < -0.4 is 0 Å². The van der Waals surface area contributed by atoms with Gasteiger partial charge < -0.3 is 4.90 Å². The van der Waals surface area contributed by atoms with E-state index < -0.39 is 0 Å². The first-order valence-electron chi connectivity index (χ1n) is 7.12. The summed E-state index contributed by atoms with van der Waals surface area (Å²) in [6, 6.07) is 8.29. The van der Waals surface area contributed by atoms with E-state index in [1.54, 1.807) is 0 Å². The van der Waals surface area contributed by atoms with Crippen LogP contribution in [0.15, 0.2) is 36.4 Å². The third-order valence-electron chi connectivity index (χ3n) is 3.28. The van der Waals surface area contributed by atoms with Crippen molar-refractivity contribution in [2.24, 2.45) is 0 Å². The molecule has 0 unspecified atom stereocenters. The maximum absolute atomic E-state index is 12.2. The molecule has 0 fully saturated rings. The summed E-state index contributed by atoms with van der Waals surface area (Å²) >= 11 is 0. The Morgan fingerprint density at radius 2 is 2.05 bits per heavy atom. The summed E-state index contributed by atoms with van der Waals surface area (Å²) in [6.45, 7) is 7.78. The second-order valence-corrected chi connectivity index (χ2v) is 4.87. The predicted octanol–water partition coefficient (Wildman–Crippen LogP) is 4.09.